The molecule has 0 bridgehead atoms. The van der Waals surface area contributed by atoms with Gasteiger partial charge in [-0.1, -0.05) is 30.9 Å². The predicted molar refractivity (Wildman–Crippen MR) is 66.3 cm³/mol. The first-order chi connectivity index (χ1) is 8.17. The molecule has 0 saturated heterocycles. The number of allylic oxidation sites excluding steroid dienone is 5. The molecule has 3 N–H and O–H groups in total. The van der Waals surface area contributed by atoms with Gasteiger partial charge in [0.15, 0.2) is 0 Å². The number of amides is 1. The molecule has 90 valence electrons. The maximum atomic E-state index is 10.8. The molecule has 0 radical (unpaired) electrons. The van der Waals surface area contributed by atoms with Crippen LogP contribution in [0.4, 0.5) is 0 Å². The van der Waals surface area contributed by atoms with E-state index < -0.39 is 5.91 Å². The third-order valence-corrected chi connectivity index (χ3v) is 2.13. The summed E-state index contributed by atoms with van der Waals surface area (Å²) in [5, 5.41) is 7.49. The molecule has 0 atom stereocenters. The normalized spacial score (nSPS) is 11.9. The minimum Gasteiger partial charge on any atom is -0.363 e. The van der Waals surface area contributed by atoms with E-state index in [0.717, 1.165) is 12.0 Å². The van der Waals surface area contributed by atoms with E-state index in [9.17, 15) is 4.79 Å². The van der Waals surface area contributed by atoms with Crippen LogP contribution in [0.2, 0.25) is 0 Å². The second-order valence-electron chi connectivity index (χ2n) is 3.46. The maximum Gasteiger partial charge on any atom is 0.286 e. The van der Waals surface area contributed by atoms with Crippen molar-refractivity contribution in [3.05, 3.63) is 48.1 Å². The molecule has 1 heterocycles. The number of hydrogen-bond acceptors (Lipinski definition) is 3. The van der Waals surface area contributed by atoms with Crippen LogP contribution in [-0.2, 0) is 6.42 Å². The number of carbonyl (C=O) groups excluding carboxylic acids is 1. The molecule has 0 saturated carbocycles. The lowest BCUT2D eigenvalue weighted by Gasteiger charge is -1.98. The minimum absolute atomic E-state index is 0.0975. The standard InChI is InChI=1S/C12H16N4O/c1-3-5-9(6-4-2)7-8-10-14-12(11(13)17)16-15-10/h3-6H,1,7-8H2,2H3,(H2,13,17)(H,14,15,16)/b6-4-,9-5+. The van der Waals surface area contributed by atoms with E-state index >= 15 is 0 Å². The molecule has 1 amide bonds. The molecule has 0 fully saturated rings. The number of rotatable bonds is 6. The van der Waals surface area contributed by atoms with Gasteiger partial charge in [0.2, 0.25) is 5.82 Å². The van der Waals surface area contributed by atoms with Crippen LogP contribution in [0.3, 0.4) is 0 Å². The predicted octanol–water partition coefficient (Wildman–Crippen LogP) is 1.52. The molecule has 1 aromatic rings. The van der Waals surface area contributed by atoms with Crippen LogP contribution in [-0.4, -0.2) is 21.1 Å². The molecule has 5 heteroatoms. The molecule has 5 nitrogen and oxygen atoms in total. The fraction of sp³-hybridized carbons (Fsp3) is 0.250. The first kappa shape index (κ1) is 12.9. The van der Waals surface area contributed by atoms with Crippen molar-refractivity contribution in [2.45, 2.75) is 19.8 Å². The molecule has 0 aliphatic heterocycles. The molecular formula is C12H16N4O. The summed E-state index contributed by atoms with van der Waals surface area (Å²) in [5.41, 5.74) is 6.21. The van der Waals surface area contributed by atoms with Gasteiger partial charge in [-0.3, -0.25) is 4.79 Å². The number of primary amides is 1. The minimum atomic E-state index is -0.598. The highest BCUT2D eigenvalue weighted by Crippen LogP contribution is 2.08. The van der Waals surface area contributed by atoms with E-state index in [2.05, 4.69) is 21.8 Å². The van der Waals surface area contributed by atoms with Crippen molar-refractivity contribution in [3.8, 4) is 0 Å². The zero-order valence-corrected chi connectivity index (χ0v) is 9.81. The van der Waals surface area contributed by atoms with Crippen LogP contribution in [0.15, 0.2) is 36.5 Å². The monoisotopic (exact) mass is 232 g/mol. The van der Waals surface area contributed by atoms with Gasteiger partial charge in [0.25, 0.3) is 5.91 Å². The summed E-state index contributed by atoms with van der Waals surface area (Å²) in [4.78, 5) is 13.6. The molecule has 0 spiro atoms. The van der Waals surface area contributed by atoms with Crippen LogP contribution in [0.25, 0.3) is 0 Å². The summed E-state index contributed by atoms with van der Waals surface area (Å²) < 4.78 is 0. The maximum absolute atomic E-state index is 10.8. The Morgan fingerprint density at radius 2 is 2.29 bits per heavy atom. The van der Waals surface area contributed by atoms with Gasteiger partial charge in [-0.25, -0.2) is 0 Å². The highest BCUT2D eigenvalue weighted by atomic mass is 16.1. The fourth-order valence-electron chi connectivity index (χ4n) is 1.37. The Hall–Kier alpha value is -2.17. The molecule has 1 rings (SSSR count). The van der Waals surface area contributed by atoms with E-state index in [0.29, 0.717) is 12.2 Å². The Bertz CT molecular complexity index is 457. The smallest absolute Gasteiger partial charge is 0.286 e. The average molecular weight is 232 g/mol. The Kier molecular flexibility index (Phi) is 4.87. The van der Waals surface area contributed by atoms with Gasteiger partial charge in [0.1, 0.15) is 5.82 Å². The molecule has 17 heavy (non-hydrogen) atoms. The highest BCUT2D eigenvalue weighted by Gasteiger charge is 2.07. The highest BCUT2D eigenvalue weighted by molar-refractivity contribution is 5.88. The summed E-state index contributed by atoms with van der Waals surface area (Å²) >= 11 is 0. The number of aryl methyl sites for hydroxylation is 1. The average Bonchev–Trinajstić information content (AvgIpc) is 2.75. The second kappa shape index (κ2) is 6.42. The SMILES string of the molecule is C=C/C=C(\C=C/C)CCc1nnc(C(N)=O)[nH]1. The molecule has 0 aliphatic rings. The molecule has 0 aliphatic carbocycles. The molecule has 1 aromatic heterocycles. The van der Waals surface area contributed by atoms with E-state index in [1.807, 2.05) is 25.2 Å². The number of nitrogens with zero attached hydrogens (tertiary/aromatic N) is 2. The number of aromatic amines is 1. The van der Waals surface area contributed by atoms with Gasteiger partial charge in [-0.15, -0.1) is 10.2 Å². The first-order valence-electron chi connectivity index (χ1n) is 5.33. The summed E-state index contributed by atoms with van der Waals surface area (Å²) in [6.45, 7) is 5.61. The van der Waals surface area contributed by atoms with E-state index in [4.69, 9.17) is 5.73 Å². The topological polar surface area (TPSA) is 84.7 Å². The molecular weight excluding hydrogens is 216 g/mol. The van der Waals surface area contributed by atoms with E-state index in [1.165, 1.54) is 0 Å². The van der Waals surface area contributed by atoms with Crippen molar-refractivity contribution in [3.63, 3.8) is 0 Å². The van der Waals surface area contributed by atoms with Crippen LogP contribution in [0.5, 0.6) is 0 Å². The third kappa shape index (κ3) is 4.06. The zero-order chi connectivity index (χ0) is 12.7. The lowest BCUT2D eigenvalue weighted by atomic mass is 10.1. The fourth-order valence-corrected chi connectivity index (χ4v) is 1.37. The number of carbonyl (C=O) groups is 1. The zero-order valence-electron chi connectivity index (χ0n) is 9.81. The Morgan fingerprint density at radius 1 is 1.53 bits per heavy atom. The van der Waals surface area contributed by atoms with Gasteiger partial charge in [0.05, 0.1) is 0 Å². The van der Waals surface area contributed by atoms with Gasteiger partial charge < -0.3 is 10.7 Å². The van der Waals surface area contributed by atoms with Gasteiger partial charge in [0, 0.05) is 6.42 Å². The number of aromatic nitrogens is 3. The lowest BCUT2D eigenvalue weighted by molar-refractivity contribution is 0.0991. The van der Waals surface area contributed by atoms with Crippen molar-refractivity contribution in [1.82, 2.24) is 15.2 Å². The Morgan fingerprint density at radius 3 is 2.82 bits per heavy atom. The van der Waals surface area contributed by atoms with Crippen LogP contribution in [0, 0.1) is 0 Å². The lowest BCUT2D eigenvalue weighted by Crippen LogP contribution is -2.12. The van der Waals surface area contributed by atoms with Gasteiger partial charge in [-0.2, -0.15) is 0 Å². The quantitative estimate of drug-likeness (QED) is 0.729. The van der Waals surface area contributed by atoms with Crippen LogP contribution in [0.1, 0.15) is 29.8 Å². The van der Waals surface area contributed by atoms with Gasteiger partial charge in [-0.05, 0) is 18.9 Å². The Balaban J connectivity index is 2.62. The number of hydrogen-bond donors (Lipinski definition) is 2. The van der Waals surface area contributed by atoms with E-state index in [1.54, 1.807) is 6.08 Å². The van der Waals surface area contributed by atoms with Crippen molar-refractivity contribution in [2.75, 3.05) is 0 Å². The third-order valence-electron chi connectivity index (χ3n) is 2.13. The first-order valence-corrected chi connectivity index (χ1v) is 5.33. The number of nitrogens with two attached hydrogens (primary N) is 1. The summed E-state index contributed by atoms with van der Waals surface area (Å²) in [6, 6.07) is 0. The molecule has 0 unspecified atom stereocenters. The van der Waals surface area contributed by atoms with Crippen molar-refractivity contribution in [2.24, 2.45) is 5.73 Å². The second-order valence-corrected chi connectivity index (χ2v) is 3.46. The Labute approximate surface area is 100 Å². The van der Waals surface area contributed by atoms with Crippen LogP contribution >= 0.6 is 0 Å². The number of H-pyrrole nitrogens is 1. The van der Waals surface area contributed by atoms with Crippen molar-refractivity contribution < 1.29 is 4.79 Å². The summed E-state index contributed by atoms with van der Waals surface area (Å²) in [5.74, 6) is 0.151. The van der Waals surface area contributed by atoms with Gasteiger partial charge >= 0.3 is 0 Å². The number of nitrogens with one attached hydrogen (secondary N) is 1. The van der Waals surface area contributed by atoms with Crippen molar-refractivity contribution in [1.29, 1.82) is 0 Å². The molecule has 0 aromatic carbocycles. The van der Waals surface area contributed by atoms with E-state index in [-0.39, 0.29) is 5.82 Å². The van der Waals surface area contributed by atoms with Crippen LogP contribution < -0.4 is 5.73 Å². The summed E-state index contributed by atoms with van der Waals surface area (Å²) in [7, 11) is 0. The summed E-state index contributed by atoms with van der Waals surface area (Å²) in [6.07, 6.45) is 9.11. The largest absolute Gasteiger partial charge is 0.363 e. The van der Waals surface area contributed by atoms with Crippen molar-refractivity contribution >= 4 is 5.91 Å².